The second kappa shape index (κ2) is 12.6. The summed E-state index contributed by atoms with van der Waals surface area (Å²) in [6.45, 7) is 16.2. The average Bonchev–Trinajstić information content (AvgIpc) is 3.60. The molecule has 1 aromatic carbocycles. The van der Waals surface area contributed by atoms with Gasteiger partial charge in [0.2, 0.25) is 0 Å². The van der Waals surface area contributed by atoms with Crippen LogP contribution in [-0.2, 0) is 0 Å². The van der Waals surface area contributed by atoms with E-state index in [1.54, 1.807) is 12.3 Å². The van der Waals surface area contributed by atoms with E-state index in [0.717, 1.165) is 63.2 Å². The normalized spacial score (nSPS) is 11.8. The molecule has 0 unspecified atom stereocenters. The average molecular weight is 518 g/mol. The third-order valence-corrected chi connectivity index (χ3v) is 6.12. The van der Waals surface area contributed by atoms with Crippen molar-refractivity contribution < 1.29 is 0 Å². The fourth-order valence-corrected chi connectivity index (χ4v) is 4.29. The Morgan fingerprint density at radius 3 is 2.56 bits per heavy atom. The molecule has 0 aliphatic rings. The molecule has 39 heavy (non-hydrogen) atoms. The van der Waals surface area contributed by atoms with E-state index < -0.39 is 0 Å². The van der Waals surface area contributed by atoms with Crippen LogP contribution in [0, 0.1) is 0 Å². The number of allylic oxidation sites excluding steroid dienone is 5. The van der Waals surface area contributed by atoms with Crippen LogP contribution in [0.25, 0.3) is 50.4 Å². The molecule has 0 atom stereocenters. The molecule has 5 aromatic rings. The number of H-pyrrole nitrogens is 2. The van der Waals surface area contributed by atoms with E-state index in [0.29, 0.717) is 17.2 Å². The lowest BCUT2D eigenvalue weighted by atomic mass is 10.1. The minimum atomic E-state index is 0.615. The number of nitrogens with one attached hydrogen (secondary N) is 3. The van der Waals surface area contributed by atoms with Gasteiger partial charge in [-0.15, -0.1) is 0 Å². The Bertz CT molecular complexity index is 1650. The zero-order valence-corrected chi connectivity index (χ0v) is 23.0. The maximum Gasteiger partial charge on any atom is 0.178 e. The smallest absolute Gasteiger partial charge is 0.178 e. The van der Waals surface area contributed by atoms with Gasteiger partial charge in [-0.3, -0.25) is 5.10 Å². The van der Waals surface area contributed by atoms with Crippen LogP contribution in [0.15, 0.2) is 97.5 Å². The van der Waals surface area contributed by atoms with Crippen molar-refractivity contribution >= 4 is 27.8 Å². The van der Waals surface area contributed by atoms with Crippen LogP contribution >= 0.6 is 0 Å². The molecule has 0 amide bonds. The van der Waals surface area contributed by atoms with Gasteiger partial charge in [-0.25, -0.2) is 15.0 Å². The van der Waals surface area contributed by atoms with Gasteiger partial charge in [-0.1, -0.05) is 76.8 Å². The molecule has 4 aromatic heterocycles. The summed E-state index contributed by atoms with van der Waals surface area (Å²) in [4.78, 5) is 17.6. The molecule has 5 rings (SSSR count). The Morgan fingerprint density at radius 1 is 1.05 bits per heavy atom. The minimum Gasteiger partial charge on any atom is -0.359 e. The summed E-state index contributed by atoms with van der Waals surface area (Å²) < 4.78 is 0. The predicted octanol–water partition coefficient (Wildman–Crippen LogP) is 7.97. The summed E-state index contributed by atoms with van der Waals surface area (Å²) in [5.74, 6) is 0.615. The zero-order chi connectivity index (χ0) is 27.8. The Labute approximate surface area is 229 Å². The van der Waals surface area contributed by atoms with Crippen molar-refractivity contribution in [3.8, 4) is 22.6 Å². The molecule has 0 spiro atoms. The fourth-order valence-electron chi connectivity index (χ4n) is 4.29. The van der Waals surface area contributed by atoms with Gasteiger partial charge in [-0.05, 0) is 54.8 Å². The molecule has 0 aliphatic carbocycles. The topological polar surface area (TPSA) is 95.2 Å². The number of hydrogen-bond donors (Lipinski definition) is 3. The van der Waals surface area contributed by atoms with E-state index >= 15 is 0 Å². The second-order valence-electron chi connectivity index (χ2n) is 8.70. The lowest BCUT2D eigenvalue weighted by molar-refractivity contribution is 0.829. The highest BCUT2D eigenvalue weighted by Gasteiger charge is 2.17. The number of rotatable bonds is 9. The van der Waals surface area contributed by atoms with E-state index in [-0.39, 0.29) is 0 Å². The molecule has 0 radical (unpaired) electrons. The van der Waals surface area contributed by atoms with E-state index in [1.807, 2.05) is 69.3 Å². The first-order valence-electron chi connectivity index (χ1n) is 13.3. The molecule has 4 heterocycles. The van der Waals surface area contributed by atoms with Crippen molar-refractivity contribution in [1.82, 2.24) is 35.5 Å². The molecule has 7 heteroatoms. The third kappa shape index (κ3) is 5.88. The highest BCUT2D eigenvalue weighted by Crippen LogP contribution is 2.30. The van der Waals surface area contributed by atoms with Gasteiger partial charge < -0.3 is 10.3 Å². The van der Waals surface area contributed by atoms with E-state index in [1.165, 1.54) is 0 Å². The monoisotopic (exact) mass is 517 g/mol. The number of aromatic nitrogens is 6. The molecule has 0 saturated carbocycles. The Morgan fingerprint density at radius 2 is 1.85 bits per heavy atom. The van der Waals surface area contributed by atoms with Gasteiger partial charge >= 0.3 is 0 Å². The Kier molecular flexibility index (Phi) is 8.84. The molecule has 0 saturated heterocycles. The van der Waals surface area contributed by atoms with Crippen LogP contribution in [0.4, 0.5) is 0 Å². The number of imidazole rings is 1. The second-order valence-corrected chi connectivity index (χ2v) is 8.70. The lowest BCUT2D eigenvalue weighted by Gasteiger charge is -2.11. The van der Waals surface area contributed by atoms with Crippen molar-refractivity contribution in [3.63, 3.8) is 0 Å². The minimum absolute atomic E-state index is 0.615. The van der Waals surface area contributed by atoms with E-state index in [9.17, 15) is 0 Å². The number of aromatic amines is 2. The molecule has 7 nitrogen and oxygen atoms in total. The van der Waals surface area contributed by atoms with E-state index in [2.05, 4.69) is 57.7 Å². The van der Waals surface area contributed by atoms with Crippen LogP contribution in [0.1, 0.15) is 46.2 Å². The first-order valence-corrected chi connectivity index (χ1v) is 13.3. The summed E-state index contributed by atoms with van der Waals surface area (Å²) in [5, 5.41) is 11.0. The summed E-state index contributed by atoms with van der Waals surface area (Å²) >= 11 is 0. The predicted molar refractivity (Wildman–Crippen MR) is 163 cm³/mol. The van der Waals surface area contributed by atoms with Crippen LogP contribution in [0.5, 0.6) is 0 Å². The number of nitrogens with zero attached hydrogens (tertiary/aromatic N) is 4. The van der Waals surface area contributed by atoms with Crippen molar-refractivity contribution in [2.75, 3.05) is 0 Å². The summed E-state index contributed by atoms with van der Waals surface area (Å²) in [6, 6.07) is 16.1. The van der Waals surface area contributed by atoms with Crippen molar-refractivity contribution in [2.45, 2.75) is 40.5 Å². The Hall–Kier alpha value is -4.78. The van der Waals surface area contributed by atoms with Gasteiger partial charge in [0.1, 0.15) is 5.52 Å². The van der Waals surface area contributed by atoms with Gasteiger partial charge in [0.05, 0.1) is 16.7 Å². The maximum atomic E-state index is 4.96. The van der Waals surface area contributed by atoms with Gasteiger partial charge in [-0.2, -0.15) is 5.10 Å². The third-order valence-electron chi connectivity index (χ3n) is 6.12. The van der Waals surface area contributed by atoms with Gasteiger partial charge in [0, 0.05) is 23.2 Å². The van der Waals surface area contributed by atoms with Crippen molar-refractivity contribution in [2.24, 2.45) is 0 Å². The molecule has 0 aliphatic heterocycles. The zero-order valence-electron chi connectivity index (χ0n) is 23.0. The largest absolute Gasteiger partial charge is 0.359 e. The highest BCUT2D eigenvalue weighted by atomic mass is 15.2. The maximum absolute atomic E-state index is 4.96. The first-order chi connectivity index (χ1) is 19.1. The Balaban J connectivity index is 0.00000172. The SMILES string of the molecule is C=C/C(=C\C(=C/C)c1ccc2[nH]nc(-c3nc4nccc(-c5ccccc5)c4[nH]3)c2n1)NC(=C)CCC.CC. The summed E-state index contributed by atoms with van der Waals surface area (Å²) in [6.07, 6.45) is 9.55. The summed E-state index contributed by atoms with van der Waals surface area (Å²) in [7, 11) is 0. The fraction of sp³-hybridized carbons (Fsp3) is 0.188. The molecular weight excluding hydrogens is 482 g/mol. The quantitative estimate of drug-likeness (QED) is 0.172. The van der Waals surface area contributed by atoms with Gasteiger partial charge in [0.15, 0.2) is 17.2 Å². The molecule has 0 bridgehead atoms. The van der Waals surface area contributed by atoms with E-state index in [4.69, 9.17) is 9.97 Å². The molecule has 198 valence electrons. The van der Waals surface area contributed by atoms with Crippen molar-refractivity contribution in [1.29, 1.82) is 0 Å². The number of pyridine rings is 2. The molecule has 0 fully saturated rings. The lowest BCUT2D eigenvalue weighted by Crippen LogP contribution is -2.10. The van der Waals surface area contributed by atoms with Gasteiger partial charge in [0.25, 0.3) is 0 Å². The number of hydrogen-bond acceptors (Lipinski definition) is 5. The van der Waals surface area contributed by atoms with Crippen LogP contribution in [-0.4, -0.2) is 30.1 Å². The van der Waals surface area contributed by atoms with Crippen LogP contribution < -0.4 is 5.32 Å². The van der Waals surface area contributed by atoms with Crippen LogP contribution in [0.2, 0.25) is 0 Å². The van der Waals surface area contributed by atoms with Crippen LogP contribution in [0.3, 0.4) is 0 Å². The van der Waals surface area contributed by atoms with Crippen molar-refractivity contribution in [3.05, 3.63) is 103 Å². The first kappa shape index (κ1) is 27.3. The summed E-state index contributed by atoms with van der Waals surface area (Å²) in [5.41, 5.74) is 9.43. The number of benzene rings is 1. The molecular formula is C32H35N7. The number of fused-ring (bicyclic) bond motifs is 2. The standard InChI is InChI=1S/C30H29N7.C2H6/c1-5-11-19(4)32-22(7-3)18-20(6-2)24-14-15-25-27(33-24)28(37-36-25)30-34-26-23(16-17-31-29(26)35-30)21-12-9-8-10-13-21;1-2/h6-10,12-18,32H,3-5,11H2,1-2H3,(H,36,37)(H,31,34,35);1-2H3/b20-6+,22-18+;. The molecule has 3 N–H and O–H groups in total. The highest BCUT2D eigenvalue weighted by molar-refractivity contribution is 5.95.